The first-order valence-electron chi connectivity index (χ1n) is 8.43. The van der Waals surface area contributed by atoms with Gasteiger partial charge >= 0.3 is 5.97 Å². The van der Waals surface area contributed by atoms with E-state index in [2.05, 4.69) is 10.6 Å². The van der Waals surface area contributed by atoms with E-state index in [9.17, 15) is 14.4 Å². The maximum atomic E-state index is 12.4. The van der Waals surface area contributed by atoms with E-state index in [0.717, 1.165) is 6.42 Å². The van der Waals surface area contributed by atoms with E-state index in [1.165, 1.54) is 0 Å². The highest BCUT2D eigenvalue weighted by Gasteiger charge is 2.23. The minimum atomic E-state index is -0.494. The zero-order valence-electron chi connectivity index (χ0n) is 14.4. The molecule has 0 radical (unpaired) electrons. The molecule has 0 aliphatic carbocycles. The summed E-state index contributed by atoms with van der Waals surface area (Å²) >= 11 is 0. The van der Waals surface area contributed by atoms with Crippen LogP contribution in [0.2, 0.25) is 0 Å². The third-order valence-corrected chi connectivity index (χ3v) is 3.71. The molecule has 0 aromatic heterocycles. The van der Waals surface area contributed by atoms with E-state index in [1.807, 2.05) is 12.2 Å². The molecule has 24 heavy (non-hydrogen) atoms. The lowest BCUT2D eigenvalue weighted by atomic mass is 9.98. The van der Waals surface area contributed by atoms with E-state index in [4.69, 9.17) is 9.84 Å². The molecule has 7 nitrogen and oxygen atoms in total. The number of esters is 1. The number of rotatable bonds is 4. The van der Waals surface area contributed by atoms with Crippen molar-refractivity contribution in [1.29, 1.82) is 0 Å². The molecular formula is C17H28N2O5. The minimum absolute atomic E-state index is 0.0486. The Morgan fingerprint density at radius 2 is 2.21 bits per heavy atom. The Bertz CT molecular complexity index is 464. The molecule has 0 bridgehead atoms. The third-order valence-electron chi connectivity index (χ3n) is 3.71. The molecule has 136 valence electrons. The van der Waals surface area contributed by atoms with Crippen molar-refractivity contribution in [3.8, 4) is 0 Å². The lowest BCUT2D eigenvalue weighted by Gasteiger charge is -2.20. The van der Waals surface area contributed by atoms with Crippen LogP contribution < -0.4 is 10.6 Å². The number of allylic oxidation sites excluding steroid dienone is 2. The maximum Gasteiger partial charge on any atom is 0.305 e. The van der Waals surface area contributed by atoms with Gasteiger partial charge in [0, 0.05) is 18.9 Å². The lowest BCUT2D eigenvalue weighted by molar-refractivity contribution is -0.145. The van der Waals surface area contributed by atoms with Crippen LogP contribution in [0.1, 0.15) is 46.0 Å². The van der Waals surface area contributed by atoms with Crippen LogP contribution in [-0.4, -0.2) is 48.2 Å². The number of hydrogen-bond acceptors (Lipinski definition) is 5. The summed E-state index contributed by atoms with van der Waals surface area (Å²) in [5.74, 6) is -1.27. The summed E-state index contributed by atoms with van der Waals surface area (Å²) in [5, 5.41) is 14.4. The van der Waals surface area contributed by atoms with E-state index in [-0.39, 0.29) is 49.5 Å². The Hall–Kier alpha value is -1.89. The summed E-state index contributed by atoms with van der Waals surface area (Å²) in [6.07, 6.45) is 6.08. The average Bonchev–Trinajstić information content (AvgIpc) is 2.54. The third kappa shape index (κ3) is 8.10. The quantitative estimate of drug-likeness (QED) is 0.515. The highest BCUT2D eigenvalue weighted by Crippen LogP contribution is 2.12. The molecule has 0 aromatic carbocycles. The second kappa shape index (κ2) is 10.8. The van der Waals surface area contributed by atoms with Gasteiger partial charge in [0.15, 0.2) is 0 Å². The molecule has 0 spiro atoms. The van der Waals surface area contributed by atoms with E-state index in [0.29, 0.717) is 19.3 Å². The van der Waals surface area contributed by atoms with Crippen molar-refractivity contribution in [1.82, 2.24) is 10.6 Å². The van der Waals surface area contributed by atoms with Gasteiger partial charge in [-0.1, -0.05) is 12.2 Å². The van der Waals surface area contributed by atoms with E-state index in [1.54, 1.807) is 13.8 Å². The highest BCUT2D eigenvalue weighted by molar-refractivity contribution is 5.86. The fourth-order valence-corrected chi connectivity index (χ4v) is 2.32. The minimum Gasteiger partial charge on any atom is -0.464 e. The molecule has 2 amide bonds. The Kier molecular flexibility index (Phi) is 9.07. The Morgan fingerprint density at radius 1 is 1.46 bits per heavy atom. The molecular weight excluding hydrogens is 312 g/mol. The summed E-state index contributed by atoms with van der Waals surface area (Å²) in [6.45, 7) is 3.42. The molecule has 1 aliphatic heterocycles. The Balaban J connectivity index is 2.69. The van der Waals surface area contributed by atoms with Crippen molar-refractivity contribution >= 4 is 17.8 Å². The van der Waals surface area contributed by atoms with E-state index >= 15 is 0 Å². The second-order valence-corrected chi connectivity index (χ2v) is 6.24. The summed E-state index contributed by atoms with van der Waals surface area (Å²) in [4.78, 5) is 35.9. The molecule has 1 heterocycles. The molecule has 1 aliphatic rings. The number of carbonyl (C=O) groups excluding carboxylic acids is 3. The van der Waals surface area contributed by atoms with Crippen molar-refractivity contribution in [2.75, 3.05) is 13.2 Å². The molecule has 0 fully saturated rings. The van der Waals surface area contributed by atoms with Gasteiger partial charge in [-0.2, -0.15) is 0 Å². The number of aliphatic hydroxyl groups is 1. The topological polar surface area (TPSA) is 105 Å². The molecule has 0 saturated carbocycles. The van der Waals surface area contributed by atoms with Crippen LogP contribution in [0.25, 0.3) is 0 Å². The first-order chi connectivity index (χ1) is 11.4. The van der Waals surface area contributed by atoms with Gasteiger partial charge in [-0.3, -0.25) is 14.4 Å². The number of hydrogen-bond donors (Lipinski definition) is 3. The molecule has 0 saturated heterocycles. The van der Waals surface area contributed by atoms with Crippen LogP contribution >= 0.6 is 0 Å². The van der Waals surface area contributed by atoms with Crippen LogP contribution in [-0.2, 0) is 19.1 Å². The largest absolute Gasteiger partial charge is 0.464 e. The number of nitrogens with one attached hydrogen (secondary N) is 2. The van der Waals surface area contributed by atoms with Crippen molar-refractivity contribution in [3.63, 3.8) is 0 Å². The zero-order chi connectivity index (χ0) is 17.9. The van der Waals surface area contributed by atoms with Gasteiger partial charge in [0.2, 0.25) is 11.8 Å². The molecule has 0 aromatic rings. The first kappa shape index (κ1) is 20.2. The van der Waals surface area contributed by atoms with Gasteiger partial charge in [0.1, 0.15) is 6.61 Å². The fraction of sp³-hybridized carbons (Fsp3) is 0.706. The summed E-state index contributed by atoms with van der Waals surface area (Å²) in [5.41, 5.74) is 0. The maximum absolute atomic E-state index is 12.4. The van der Waals surface area contributed by atoms with Crippen LogP contribution in [0.3, 0.4) is 0 Å². The normalized spacial score (nSPS) is 24.6. The van der Waals surface area contributed by atoms with Crippen LogP contribution in [0.5, 0.6) is 0 Å². The van der Waals surface area contributed by atoms with Crippen LogP contribution in [0, 0.1) is 5.92 Å². The number of ether oxygens (including phenoxy) is 1. The highest BCUT2D eigenvalue weighted by atomic mass is 16.5. The van der Waals surface area contributed by atoms with Gasteiger partial charge in [-0.25, -0.2) is 0 Å². The van der Waals surface area contributed by atoms with E-state index < -0.39 is 5.92 Å². The summed E-state index contributed by atoms with van der Waals surface area (Å²) in [6, 6.07) is -0.655. The first-order valence-corrected chi connectivity index (χ1v) is 8.43. The smallest absolute Gasteiger partial charge is 0.305 e. The van der Waals surface area contributed by atoms with Gasteiger partial charge in [-0.05, 0) is 33.1 Å². The summed E-state index contributed by atoms with van der Waals surface area (Å²) in [7, 11) is 0. The monoisotopic (exact) mass is 340 g/mol. The fourth-order valence-electron chi connectivity index (χ4n) is 2.32. The van der Waals surface area contributed by atoms with Gasteiger partial charge in [0.25, 0.3) is 0 Å². The molecule has 7 heteroatoms. The van der Waals surface area contributed by atoms with Crippen molar-refractivity contribution in [2.24, 2.45) is 5.92 Å². The van der Waals surface area contributed by atoms with Crippen molar-refractivity contribution in [2.45, 2.75) is 58.0 Å². The lowest BCUT2D eigenvalue weighted by Crippen LogP contribution is -2.42. The molecule has 3 unspecified atom stereocenters. The molecule has 1 rings (SSSR count). The molecule has 3 N–H and O–H groups in total. The Morgan fingerprint density at radius 3 is 2.92 bits per heavy atom. The van der Waals surface area contributed by atoms with Gasteiger partial charge < -0.3 is 20.5 Å². The summed E-state index contributed by atoms with van der Waals surface area (Å²) < 4.78 is 5.11. The van der Waals surface area contributed by atoms with Gasteiger partial charge in [0.05, 0.1) is 18.6 Å². The van der Waals surface area contributed by atoms with Crippen molar-refractivity contribution < 1.29 is 24.2 Å². The standard InChI is InChI=1S/C17H28N2O5/c1-12(10-20)18-15(21)9-14-7-5-3-4-6-8-16(22)24-11-13(2)19-17(14)23/h3,5,12-14,20H,4,6-11H2,1-2H3,(H,18,21)(H,19,23). The zero-order valence-corrected chi connectivity index (χ0v) is 14.4. The number of carbonyl (C=O) groups is 3. The predicted octanol–water partition coefficient (Wildman–Crippen LogP) is 0.668. The average molecular weight is 340 g/mol. The number of amides is 2. The number of cyclic esters (lactones) is 1. The van der Waals surface area contributed by atoms with Crippen LogP contribution in [0.15, 0.2) is 12.2 Å². The number of aliphatic hydroxyl groups excluding tert-OH is 1. The predicted molar refractivity (Wildman–Crippen MR) is 89.0 cm³/mol. The molecule has 3 atom stereocenters. The van der Waals surface area contributed by atoms with Crippen LogP contribution in [0.4, 0.5) is 0 Å². The SMILES string of the molecule is CC(CO)NC(=O)CC1CC=CCCCC(=O)OCC(C)NC1=O. The van der Waals surface area contributed by atoms with Gasteiger partial charge in [-0.15, -0.1) is 0 Å². The van der Waals surface area contributed by atoms with Crippen molar-refractivity contribution in [3.05, 3.63) is 12.2 Å². The Labute approximate surface area is 142 Å². The second-order valence-electron chi connectivity index (χ2n) is 6.24.